The van der Waals surface area contributed by atoms with E-state index in [0.717, 1.165) is 11.1 Å². The van der Waals surface area contributed by atoms with Gasteiger partial charge in [-0.1, -0.05) is 18.2 Å². The number of hydrogen-bond donors (Lipinski definition) is 1. The van der Waals surface area contributed by atoms with Gasteiger partial charge in [-0.05, 0) is 48.7 Å². The predicted octanol–water partition coefficient (Wildman–Crippen LogP) is 3.49. The summed E-state index contributed by atoms with van der Waals surface area (Å²) in [5, 5.41) is 0. The summed E-state index contributed by atoms with van der Waals surface area (Å²) in [5.74, 6) is -0.536. The van der Waals surface area contributed by atoms with Gasteiger partial charge in [-0.2, -0.15) is 0 Å². The van der Waals surface area contributed by atoms with Gasteiger partial charge in [0.15, 0.2) is 0 Å². The smallest absolute Gasteiger partial charge is 0.146 e. The molecule has 0 saturated carbocycles. The summed E-state index contributed by atoms with van der Waals surface area (Å²) in [6, 6.07) is 11.4. The molecule has 0 bridgehead atoms. The molecule has 2 rings (SSSR count). The Morgan fingerprint density at radius 1 is 1.05 bits per heavy atom. The van der Waals surface area contributed by atoms with Gasteiger partial charge in [0.1, 0.15) is 11.6 Å². The van der Waals surface area contributed by atoms with Crippen LogP contribution in [0.25, 0.3) is 0 Å². The normalized spacial score (nSPS) is 12.2. The van der Waals surface area contributed by atoms with E-state index in [0.29, 0.717) is 18.7 Å². The third-order valence-corrected chi connectivity index (χ3v) is 3.31. The molecule has 0 radical (unpaired) electrons. The van der Waals surface area contributed by atoms with E-state index in [1.54, 1.807) is 23.1 Å². The lowest BCUT2D eigenvalue weighted by molar-refractivity contribution is 0.616. The fourth-order valence-corrected chi connectivity index (χ4v) is 2.31. The van der Waals surface area contributed by atoms with Crippen molar-refractivity contribution in [3.05, 3.63) is 65.2 Å². The summed E-state index contributed by atoms with van der Waals surface area (Å²) in [6.07, 6.45) is 0.652. The maximum Gasteiger partial charge on any atom is 0.146 e. The molecule has 0 saturated heterocycles. The molecule has 0 spiro atoms. The van der Waals surface area contributed by atoms with Gasteiger partial charge in [-0.3, -0.25) is 0 Å². The van der Waals surface area contributed by atoms with Crippen molar-refractivity contribution in [3.63, 3.8) is 0 Å². The van der Waals surface area contributed by atoms with E-state index in [2.05, 4.69) is 0 Å². The highest BCUT2D eigenvalue weighted by Gasteiger charge is 2.10. The van der Waals surface area contributed by atoms with Gasteiger partial charge in [0.05, 0.1) is 5.69 Å². The first-order valence-electron chi connectivity index (χ1n) is 6.95. The van der Waals surface area contributed by atoms with E-state index in [-0.39, 0.29) is 17.7 Å². The first-order valence-corrected chi connectivity index (χ1v) is 6.95. The Labute approximate surface area is 124 Å². The first-order chi connectivity index (χ1) is 9.95. The molecular weight excluding hydrogens is 270 g/mol. The van der Waals surface area contributed by atoms with Gasteiger partial charge >= 0.3 is 0 Å². The van der Waals surface area contributed by atoms with Crippen LogP contribution >= 0.6 is 0 Å². The molecule has 0 aliphatic carbocycles. The molecule has 2 nitrogen and oxygen atoms in total. The Kier molecular flexibility index (Phi) is 4.91. The molecular formula is C17H20F2N2. The molecule has 1 unspecified atom stereocenters. The van der Waals surface area contributed by atoms with Crippen LogP contribution in [0, 0.1) is 11.6 Å². The van der Waals surface area contributed by atoms with Gasteiger partial charge in [0.2, 0.25) is 0 Å². The second-order valence-corrected chi connectivity index (χ2v) is 5.45. The molecule has 21 heavy (non-hydrogen) atoms. The molecule has 112 valence electrons. The number of nitrogens with zero attached hydrogens (tertiary/aromatic N) is 1. The van der Waals surface area contributed by atoms with Crippen molar-refractivity contribution in [1.29, 1.82) is 0 Å². The summed E-state index contributed by atoms with van der Waals surface area (Å²) >= 11 is 0. The summed E-state index contributed by atoms with van der Waals surface area (Å²) < 4.78 is 27.1. The third kappa shape index (κ3) is 4.26. The number of hydrogen-bond acceptors (Lipinski definition) is 2. The van der Waals surface area contributed by atoms with E-state index < -0.39 is 0 Å². The fraction of sp³-hybridized carbons (Fsp3) is 0.294. The Morgan fingerprint density at radius 3 is 2.24 bits per heavy atom. The first kappa shape index (κ1) is 15.4. The highest BCUT2D eigenvalue weighted by Crippen LogP contribution is 2.22. The van der Waals surface area contributed by atoms with Gasteiger partial charge in [0.25, 0.3) is 0 Å². The highest BCUT2D eigenvalue weighted by molar-refractivity contribution is 5.49. The van der Waals surface area contributed by atoms with Gasteiger partial charge in [-0.25, -0.2) is 8.78 Å². The summed E-state index contributed by atoms with van der Waals surface area (Å²) in [5.41, 5.74) is 8.06. The second-order valence-electron chi connectivity index (χ2n) is 5.45. The minimum atomic E-state index is -0.271. The van der Waals surface area contributed by atoms with Crippen LogP contribution in [0.5, 0.6) is 0 Å². The minimum absolute atomic E-state index is 0.00666. The fourth-order valence-electron chi connectivity index (χ4n) is 2.31. The summed E-state index contributed by atoms with van der Waals surface area (Å²) in [4.78, 5) is 1.80. The van der Waals surface area contributed by atoms with Crippen molar-refractivity contribution < 1.29 is 8.78 Å². The number of halogens is 2. The van der Waals surface area contributed by atoms with Gasteiger partial charge in [-0.15, -0.1) is 0 Å². The van der Waals surface area contributed by atoms with Crippen molar-refractivity contribution >= 4 is 5.69 Å². The number of anilines is 1. The number of rotatable bonds is 5. The summed E-state index contributed by atoms with van der Waals surface area (Å²) in [6.45, 7) is 2.41. The standard InChI is InChI=1S/C17H20F2N2/c1-12(20)9-14-5-8-17(16(19)10-14)21(2)11-13-3-6-15(18)7-4-13/h3-8,10,12H,9,11,20H2,1-2H3. The molecule has 2 N–H and O–H groups in total. The van der Waals surface area contributed by atoms with E-state index in [9.17, 15) is 8.78 Å². The SMILES string of the molecule is CC(N)Cc1ccc(N(C)Cc2ccc(F)cc2)c(F)c1. The molecule has 0 aliphatic heterocycles. The van der Waals surface area contributed by atoms with Crippen LogP contribution in [-0.4, -0.2) is 13.1 Å². The molecule has 4 heteroatoms. The zero-order valence-corrected chi connectivity index (χ0v) is 12.3. The molecule has 0 heterocycles. The van der Waals surface area contributed by atoms with Crippen LogP contribution < -0.4 is 10.6 Å². The van der Waals surface area contributed by atoms with Crippen LogP contribution in [0.1, 0.15) is 18.1 Å². The Morgan fingerprint density at radius 2 is 1.67 bits per heavy atom. The minimum Gasteiger partial charge on any atom is -0.368 e. The number of nitrogens with two attached hydrogens (primary N) is 1. The lowest BCUT2D eigenvalue weighted by Crippen LogP contribution is -2.19. The van der Waals surface area contributed by atoms with Crippen LogP contribution in [0.3, 0.4) is 0 Å². The molecule has 2 aromatic carbocycles. The molecule has 0 fully saturated rings. The molecule has 1 atom stereocenters. The van der Waals surface area contributed by atoms with Crippen LogP contribution in [0.4, 0.5) is 14.5 Å². The third-order valence-electron chi connectivity index (χ3n) is 3.31. The van der Waals surface area contributed by atoms with Crippen molar-refractivity contribution in [2.24, 2.45) is 5.73 Å². The second kappa shape index (κ2) is 6.68. The zero-order valence-electron chi connectivity index (χ0n) is 12.3. The molecule has 0 aliphatic rings. The topological polar surface area (TPSA) is 29.3 Å². The molecule has 0 aromatic heterocycles. The average molecular weight is 290 g/mol. The molecule has 0 amide bonds. The van der Waals surface area contributed by atoms with Crippen LogP contribution in [0.2, 0.25) is 0 Å². The largest absolute Gasteiger partial charge is 0.368 e. The highest BCUT2D eigenvalue weighted by atomic mass is 19.1. The van der Waals surface area contributed by atoms with Crippen molar-refractivity contribution in [3.8, 4) is 0 Å². The van der Waals surface area contributed by atoms with Crippen molar-refractivity contribution in [2.75, 3.05) is 11.9 Å². The van der Waals surface area contributed by atoms with Crippen molar-refractivity contribution in [2.45, 2.75) is 25.9 Å². The van der Waals surface area contributed by atoms with Crippen LogP contribution in [-0.2, 0) is 13.0 Å². The van der Waals surface area contributed by atoms with E-state index >= 15 is 0 Å². The van der Waals surface area contributed by atoms with E-state index in [1.807, 2.05) is 20.0 Å². The zero-order chi connectivity index (χ0) is 15.4. The number of benzene rings is 2. The van der Waals surface area contributed by atoms with Crippen LogP contribution in [0.15, 0.2) is 42.5 Å². The Balaban J connectivity index is 2.11. The summed E-state index contributed by atoms with van der Waals surface area (Å²) in [7, 11) is 1.81. The van der Waals surface area contributed by atoms with Gasteiger partial charge in [0, 0.05) is 19.6 Å². The Hall–Kier alpha value is -1.94. The van der Waals surface area contributed by atoms with E-state index in [4.69, 9.17) is 5.73 Å². The maximum absolute atomic E-state index is 14.2. The van der Waals surface area contributed by atoms with Crippen molar-refractivity contribution in [1.82, 2.24) is 0 Å². The van der Waals surface area contributed by atoms with Gasteiger partial charge < -0.3 is 10.6 Å². The predicted molar refractivity (Wildman–Crippen MR) is 82.3 cm³/mol. The average Bonchev–Trinajstić information content (AvgIpc) is 2.40. The quantitative estimate of drug-likeness (QED) is 0.913. The Bertz CT molecular complexity index is 594. The van der Waals surface area contributed by atoms with E-state index in [1.165, 1.54) is 18.2 Å². The lowest BCUT2D eigenvalue weighted by atomic mass is 10.1. The molecule has 2 aromatic rings. The maximum atomic E-state index is 14.2. The monoisotopic (exact) mass is 290 g/mol. The lowest BCUT2D eigenvalue weighted by Gasteiger charge is -2.20.